The van der Waals surface area contributed by atoms with E-state index in [0.29, 0.717) is 13.1 Å². The first-order valence-corrected chi connectivity index (χ1v) is 8.52. The summed E-state index contributed by atoms with van der Waals surface area (Å²) >= 11 is 0. The lowest BCUT2D eigenvalue weighted by Crippen LogP contribution is -2.33. The van der Waals surface area contributed by atoms with Gasteiger partial charge in [-0.3, -0.25) is 35.9 Å². The number of hydrazine groups is 1. The first-order valence-electron chi connectivity index (χ1n) is 8.52. The number of benzene rings is 1. The zero-order chi connectivity index (χ0) is 20.1. The number of nitro benzene ring substituents is 1. The minimum absolute atomic E-state index is 0.143. The molecule has 0 bridgehead atoms. The predicted molar refractivity (Wildman–Crippen MR) is 98.9 cm³/mol. The number of non-ortho nitro benzene ring substituents is 1. The Morgan fingerprint density at radius 2 is 1.68 bits per heavy atom. The summed E-state index contributed by atoms with van der Waals surface area (Å²) in [5.41, 5.74) is 4.44. The van der Waals surface area contributed by atoms with Crippen LogP contribution in [0.1, 0.15) is 29.6 Å². The minimum Gasteiger partial charge on any atom is -0.351 e. The molecule has 28 heavy (non-hydrogen) atoms. The summed E-state index contributed by atoms with van der Waals surface area (Å²) in [6.07, 6.45) is 4.09. The van der Waals surface area contributed by atoms with Gasteiger partial charge in [0.2, 0.25) is 11.6 Å². The van der Waals surface area contributed by atoms with Crippen molar-refractivity contribution < 1.29 is 14.6 Å². The Morgan fingerprint density at radius 1 is 1.00 bits per heavy atom. The van der Waals surface area contributed by atoms with Gasteiger partial charge in [0.15, 0.2) is 0 Å². The third kappa shape index (κ3) is 4.11. The first-order chi connectivity index (χ1) is 13.5. The van der Waals surface area contributed by atoms with E-state index in [0.717, 1.165) is 19.3 Å². The van der Waals surface area contributed by atoms with E-state index in [2.05, 4.69) is 20.8 Å². The van der Waals surface area contributed by atoms with Crippen LogP contribution in [0, 0.1) is 20.2 Å². The number of rotatable bonds is 6. The number of nitrogens with one attached hydrogen (secondary N) is 2. The van der Waals surface area contributed by atoms with Crippen LogP contribution in [0.5, 0.6) is 0 Å². The van der Waals surface area contributed by atoms with Gasteiger partial charge in [-0.15, -0.1) is 0 Å². The summed E-state index contributed by atoms with van der Waals surface area (Å²) in [4.78, 5) is 43.0. The summed E-state index contributed by atoms with van der Waals surface area (Å²) in [5.74, 6) is -0.565. The number of piperidine rings is 1. The molecule has 1 aromatic heterocycles. The third-order valence-electron chi connectivity index (χ3n) is 4.28. The van der Waals surface area contributed by atoms with Gasteiger partial charge in [0.1, 0.15) is 6.33 Å². The highest BCUT2D eigenvalue weighted by Crippen LogP contribution is 2.32. The van der Waals surface area contributed by atoms with E-state index in [9.17, 15) is 25.0 Å². The largest absolute Gasteiger partial charge is 0.355 e. The Morgan fingerprint density at radius 3 is 2.29 bits per heavy atom. The first kappa shape index (κ1) is 18.9. The second-order valence-corrected chi connectivity index (χ2v) is 6.08. The van der Waals surface area contributed by atoms with Gasteiger partial charge in [0.25, 0.3) is 11.6 Å². The molecule has 1 amide bonds. The van der Waals surface area contributed by atoms with Crippen LogP contribution in [0.15, 0.2) is 30.6 Å². The lowest BCUT2D eigenvalue weighted by Gasteiger charge is -2.27. The number of anilines is 2. The molecular weight excluding hydrogens is 370 g/mol. The number of amides is 1. The van der Waals surface area contributed by atoms with Gasteiger partial charge in [-0.25, -0.2) is 9.97 Å². The van der Waals surface area contributed by atoms with E-state index in [1.165, 1.54) is 30.6 Å². The smallest absolute Gasteiger partial charge is 0.351 e. The number of nitrogens with zero attached hydrogens (tertiary/aromatic N) is 5. The van der Waals surface area contributed by atoms with Crippen molar-refractivity contribution in [1.82, 2.24) is 15.4 Å². The van der Waals surface area contributed by atoms with Crippen molar-refractivity contribution in [1.29, 1.82) is 0 Å². The molecule has 146 valence electrons. The molecule has 0 aliphatic carbocycles. The predicted octanol–water partition coefficient (Wildman–Crippen LogP) is 2.04. The van der Waals surface area contributed by atoms with E-state index in [-0.39, 0.29) is 28.6 Å². The molecule has 3 rings (SSSR count). The van der Waals surface area contributed by atoms with Crippen LogP contribution in [0.3, 0.4) is 0 Å². The van der Waals surface area contributed by atoms with Crippen molar-refractivity contribution in [2.45, 2.75) is 19.3 Å². The molecule has 1 aliphatic rings. The number of hydrogen-bond donors (Lipinski definition) is 2. The van der Waals surface area contributed by atoms with Gasteiger partial charge in [-0.1, -0.05) is 0 Å². The van der Waals surface area contributed by atoms with Gasteiger partial charge < -0.3 is 4.90 Å². The van der Waals surface area contributed by atoms with E-state index in [1.807, 2.05) is 4.90 Å². The SMILES string of the molecule is O=C(NNc1ncnc(N2CCCCC2)c1[N+](=O)[O-])c1ccc([N+](=O)[O-])cc1. The van der Waals surface area contributed by atoms with Crippen LogP contribution < -0.4 is 15.8 Å². The maximum absolute atomic E-state index is 12.2. The van der Waals surface area contributed by atoms with Crippen molar-refractivity contribution in [3.8, 4) is 0 Å². The summed E-state index contributed by atoms with van der Waals surface area (Å²) < 4.78 is 0. The van der Waals surface area contributed by atoms with Crippen molar-refractivity contribution in [3.63, 3.8) is 0 Å². The van der Waals surface area contributed by atoms with Crippen LogP contribution in [-0.2, 0) is 0 Å². The van der Waals surface area contributed by atoms with Gasteiger partial charge in [0.05, 0.1) is 9.85 Å². The van der Waals surface area contributed by atoms with Gasteiger partial charge >= 0.3 is 5.69 Å². The van der Waals surface area contributed by atoms with E-state index in [4.69, 9.17) is 0 Å². The number of carbonyl (C=O) groups is 1. The lowest BCUT2D eigenvalue weighted by molar-refractivity contribution is -0.384. The van der Waals surface area contributed by atoms with E-state index in [1.54, 1.807) is 0 Å². The van der Waals surface area contributed by atoms with Gasteiger partial charge in [0, 0.05) is 30.8 Å². The van der Waals surface area contributed by atoms with Gasteiger partial charge in [-0.05, 0) is 31.4 Å². The van der Waals surface area contributed by atoms with E-state index >= 15 is 0 Å². The van der Waals surface area contributed by atoms with Crippen LogP contribution in [-0.4, -0.2) is 38.8 Å². The quantitative estimate of drug-likeness (QED) is 0.559. The van der Waals surface area contributed by atoms with Crippen molar-refractivity contribution in [3.05, 3.63) is 56.4 Å². The van der Waals surface area contributed by atoms with Gasteiger partial charge in [-0.2, -0.15) is 0 Å². The second kappa shape index (κ2) is 8.24. The van der Waals surface area contributed by atoms with E-state index < -0.39 is 15.8 Å². The summed E-state index contributed by atoms with van der Waals surface area (Å²) in [7, 11) is 0. The highest BCUT2D eigenvalue weighted by Gasteiger charge is 2.28. The van der Waals surface area contributed by atoms with Crippen molar-refractivity contribution >= 4 is 28.9 Å². The standard InChI is InChI=1S/C16H17N7O5/c24-16(11-4-6-12(7-5-11)22(25)26)20-19-14-13(23(27)28)15(18-10-17-14)21-8-2-1-3-9-21/h4-7,10H,1-3,8-9H2,(H,20,24)(H,17,18,19). The Balaban J connectivity index is 1.77. The molecule has 0 unspecified atom stereocenters. The number of hydrogen-bond acceptors (Lipinski definition) is 9. The Kier molecular flexibility index (Phi) is 5.58. The van der Waals surface area contributed by atoms with Crippen LogP contribution in [0.25, 0.3) is 0 Å². The zero-order valence-corrected chi connectivity index (χ0v) is 14.7. The van der Waals surface area contributed by atoms with Crippen LogP contribution in [0.4, 0.5) is 23.0 Å². The maximum atomic E-state index is 12.2. The topological polar surface area (TPSA) is 156 Å². The highest BCUT2D eigenvalue weighted by atomic mass is 16.6. The third-order valence-corrected chi connectivity index (χ3v) is 4.28. The fourth-order valence-electron chi connectivity index (χ4n) is 2.89. The Bertz CT molecular complexity index is 897. The molecule has 0 spiro atoms. The number of aromatic nitrogens is 2. The fraction of sp³-hybridized carbons (Fsp3) is 0.312. The average Bonchev–Trinajstić information content (AvgIpc) is 2.72. The maximum Gasteiger partial charge on any atom is 0.355 e. The van der Waals surface area contributed by atoms with Crippen molar-refractivity contribution in [2.24, 2.45) is 0 Å². The molecule has 2 aromatic rings. The minimum atomic E-state index is -0.623. The van der Waals surface area contributed by atoms with Crippen LogP contribution in [0.2, 0.25) is 0 Å². The number of carbonyl (C=O) groups excluding carboxylic acids is 1. The normalized spacial score (nSPS) is 13.6. The number of nitro groups is 2. The molecule has 1 aromatic carbocycles. The molecule has 12 heteroatoms. The molecule has 1 aliphatic heterocycles. The molecule has 0 atom stereocenters. The van der Waals surface area contributed by atoms with Crippen LogP contribution >= 0.6 is 0 Å². The molecule has 1 fully saturated rings. The molecule has 0 saturated carbocycles. The molecule has 1 saturated heterocycles. The summed E-state index contributed by atoms with van der Waals surface area (Å²) in [6, 6.07) is 4.94. The fourth-order valence-corrected chi connectivity index (χ4v) is 2.89. The summed E-state index contributed by atoms with van der Waals surface area (Å²) in [5, 5.41) is 22.3. The second-order valence-electron chi connectivity index (χ2n) is 6.08. The highest BCUT2D eigenvalue weighted by molar-refractivity contribution is 5.95. The molecule has 12 nitrogen and oxygen atoms in total. The molecule has 2 heterocycles. The monoisotopic (exact) mass is 387 g/mol. The Hall–Kier alpha value is -3.83. The molecule has 0 radical (unpaired) electrons. The molecular formula is C16H17N7O5. The molecule has 2 N–H and O–H groups in total. The Labute approximate surface area is 158 Å². The van der Waals surface area contributed by atoms with Crippen molar-refractivity contribution in [2.75, 3.05) is 23.4 Å². The zero-order valence-electron chi connectivity index (χ0n) is 14.7. The average molecular weight is 387 g/mol. The lowest BCUT2D eigenvalue weighted by atomic mass is 10.1. The summed E-state index contributed by atoms with van der Waals surface area (Å²) in [6.45, 7) is 1.32.